The minimum atomic E-state index is -0.448. The van der Waals surface area contributed by atoms with E-state index in [0.717, 1.165) is 0 Å². The van der Waals surface area contributed by atoms with Crippen LogP contribution < -0.4 is 4.74 Å². The van der Waals surface area contributed by atoms with Crippen LogP contribution in [-0.2, 0) is 11.3 Å². The first-order valence-corrected chi connectivity index (χ1v) is 6.04. The van der Waals surface area contributed by atoms with Gasteiger partial charge < -0.3 is 9.47 Å². The van der Waals surface area contributed by atoms with Crippen molar-refractivity contribution in [2.24, 2.45) is 0 Å². The second-order valence-corrected chi connectivity index (χ2v) is 4.08. The minimum absolute atomic E-state index is 0.0692. The third kappa shape index (κ3) is 3.15. The van der Waals surface area contributed by atoms with Gasteiger partial charge in [0.1, 0.15) is 12.4 Å². The molecule has 100 valence electrons. The second-order valence-electron chi connectivity index (χ2n) is 4.08. The number of hydrogen-bond donors (Lipinski definition) is 0. The van der Waals surface area contributed by atoms with Crippen molar-refractivity contribution in [2.45, 2.75) is 6.61 Å². The molecule has 0 unspecified atom stereocenters. The highest BCUT2D eigenvalue weighted by atomic mass is 16.5. The van der Waals surface area contributed by atoms with E-state index < -0.39 is 5.97 Å². The number of nitrogens with zero attached hydrogens (tertiary/aromatic N) is 1. The Morgan fingerprint density at radius 2 is 2.00 bits per heavy atom. The third-order valence-corrected chi connectivity index (χ3v) is 2.80. The molecule has 0 saturated heterocycles. The molecule has 0 spiro atoms. The molecule has 0 aliphatic heterocycles. The number of benzene rings is 2. The van der Waals surface area contributed by atoms with Gasteiger partial charge >= 0.3 is 5.97 Å². The van der Waals surface area contributed by atoms with Gasteiger partial charge in [-0.1, -0.05) is 24.3 Å². The summed E-state index contributed by atoms with van der Waals surface area (Å²) in [5, 5.41) is 8.96. The van der Waals surface area contributed by atoms with Gasteiger partial charge in [-0.15, -0.1) is 0 Å². The average Bonchev–Trinajstić information content (AvgIpc) is 2.52. The Kier molecular flexibility index (Phi) is 4.35. The lowest BCUT2D eigenvalue weighted by molar-refractivity contribution is 0.0472. The van der Waals surface area contributed by atoms with Crippen molar-refractivity contribution in [1.29, 1.82) is 5.26 Å². The molecule has 2 aromatic carbocycles. The molecule has 0 aromatic heterocycles. The summed E-state index contributed by atoms with van der Waals surface area (Å²) in [6.07, 6.45) is 0. The van der Waals surface area contributed by atoms with E-state index in [1.54, 1.807) is 48.5 Å². The van der Waals surface area contributed by atoms with E-state index in [4.69, 9.17) is 14.7 Å². The summed E-state index contributed by atoms with van der Waals surface area (Å²) in [5.74, 6) is 0.147. The van der Waals surface area contributed by atoms with Crippen molar-refractivity contribution in [3.05, 3.63) is 65.2 Å². The largest absolute Gasteiger partial charge is 0.497 e. The molecular weight excluding hydrogens is 254 g/mol. The van der Waals surface area contributed by atoms with Gasteiger partial charge in [0.2, 0.25) is 0 Å². The zero-order chi connectivity index (χ0) is 14.4. The van der Waals surface area contributed by atoms with Crippen LogP contribution in [0.1, 0.15) is 21.5 Å². The lowest BCUT2D eigenvalue weighted by Crippen LogP contribution is -2.06. The van der Waals surface area contributed by atoms with Gasteiger partial charge in [-0.25, -0.2) is 4.79 Å². The first-order chi connectivity index (χ1) is 9.74. The van der Waals surface area contributed by atoms with Crippen LogP contribution in [-0.4, -0.2) is 13.1 Å². The van der Waals surface area contributed by atoms with Gasteiger partial charge in [-0.05, 0) is 24.3 Å². The van der Waals surface area contributed by atoms with Crippen LogP contribution in [0.3, 0.4) is 0 Å². The van der Waals surface area contributed by atoms with Crippen LogP contribution in [0.2, 0.25) is 0 Å². The van der Waals surface area contributed by atoms with Crippen molar-refractivity contribution < 1.29 is 14.3 Å². The lowest BCUT2D eigenvalue weighted by atomic mass is 10.1. The lowest BCUT2D eigenvalue weighted by Gasteiger charge is -2.07. The normalized spacial score (nSPS) is 9.60. The van der Waals surface area contributed by atoms with E-state index >= 15 is 0 Å². The van der Waals surface area contributed by atoms with Gasteiger partial charge in [0.05, 0.1) is 24.3 Å². The second kappa shape index (κ2) is 6.39. The summed E-state index contributed by atoms with van der Waals surface area (Å²) in [6.45, 7) is 0.0692. The van der Waals surface area contributed by atoms with E-state index in [1.807, 2.05) is 0 Å². The quantitative estimate of drug-likeness (QED) is 0.799. The van der Waals surface area contributed by atoms with Crippen LogP contribution in [0.4, 0.5) is 0 Å². The molecule has 0 amide bonds. The zero-order valence-electron chi connectivity index (χ0n) is 11.0. The summed E-state index contributed by atoms with van der Waals surface area (Å²) >= 11 is 0. The predicted octanol–water partition coefficient (Wildman–Crippen LogP) is 2.92. The van der Waals surface area contributed by atoms with Crippen molar-refractivity contribution in [3.8, 4) is 11.8 Å². The number of nitriles is 1. The molecule has 0 saturated carbocycles. The molecule has 0 fully saturated rings. The Morgan fingerprint density at radius 3 is 2.75 bits per heavy atom. The van der Waals surface area contributed by atoms with Gasteiger partial charge in [0, 0.05) is 5.56 Å². The molecule has 20 heavy (non-hydrogen) atoms. The maximum atomic E-state index is 11.9. The Labute approximate surface area is 117 Å². The predicted molar refractivity (Wildman–Crippen MR) is 73.3 cm³/mol. The van der Waals surface area contributed by atoms with Crippen LogP contribution in [0.5, 0.6) is 5.75 Å². The number of carbonyl (C=O) groups excluding carboxylic acids is 1. The standard InChI is InChI=1S/C16H13NO3/c1-19-15-8-4-7-12(9-15)16(18)20-11-14-6-3-2-5-13(14)10-17/h2-9H,11H2,1H3. The maximum absolute atomic E-state index is 11.9. The number of rotatable bonds is 4. The van der Waals surface area contributed by atoms with Crippen molar-refractivity contribution in [3.63, 3.8) is 0 Å². The van der Waals surface area contributed by atoms with Gasteiger partial charge in [-0.3, -0.25) is 0 Å². The molecule has 0 aliphatic carbocycles. The molecule has 0 aliphatic rings. The molecule has 0 bridgehead atoms. The summed E-state index contributed by atoms with van der Waals surface area (Å²) < 4.78 is 10.3. The molecule has 2 aromatic rings. The van der Waals surface area contributed by atoms with Crippen molar-refractivity contribution >= 4 is 5.97 Å². The molecule has 2 rings (SSSR count). The zero-order valence-corrected chi connectivity index (χ0v) is 11.0. The van der Waals surface area contributed by atoms with Crippen molar-refractivity contribution in [1.82, 2.24) is 0 Å². The van der Waals surface area contributed by atoms with E-state index in [1.165, 1.54) is 7.11 Å². The topological polar surface area (TPSA) is 59.3 Å². The average molecular weight is 267 g/mol. The number of ether oxygens (including phenoxy) is 2. The fourth-order valence-corrected chi connectivity index (χ4v) is 1.73. The Bertz CT molecular complexity index is 659. The minimum Gasteiger partial charge on any atom is -0.497 e. The highest BCUT2D eigenvalue weighted by Gasteiger charge is 2.09. The van der Waals surface area contributed by atoms with Gasteiger partial charge in [0.15, 0.2) is 0 Å². The molecule has 0 radical (unpaired) electrons. The monoisotopic (exact) mass is 267 g/mol. The number of carbonyl (C=O) groups is 1. The van der Waals surface area contributed by atoms with E-state index in [2.05, 4.69) is 6.07 Å². The van der Waals surface area contributed by atoms with Crippen LogP contribution in [0.25, 0.3) is 0 Å². The fourth-order valence-electron chi connectivity index (χ4n) is 1.73. The van der Waals surface area contributed by atoms with Crippen LogP contribution >= 0.6 is 0 Å². The van der Waals surface area contributed by atoms with E-state index in [9.17, 15) is 4.79 Å². The Morgan fingerprint density at radius 1 is 1.20 bits per heavy atom. The summed E-state index contributed by atoms with van der Waals surface area (Å²) in [7, 11) is 1.54. The SMILES string of the molecule is COc1cccc(C(=O)OCc2ccccc2C#N)c1. The van der Waals surface area contributed by atoms with Gasteiger partial charge in [-0.2, -0.15) is 5.26 Å². The third-order valence-electron chi connectivity index (χ3n) is 2.80. The molecule has 0 N–H and O–H groups in total. The van der Waals surface area contributed by atoms with E-state index in [0.29, 0.717) is 22.4 Å². The molecule has 4 nitrogen and oxygen atoms in total. The van der Waals surface area contributed by atoms with Gasteiger partial charge in [0.25, 0.3) is 0 Å². The molecular formula is C16H13NO3. The van der Waals surface area contributed by atoms with Crippen LogP contribution in [0.15, 0.2) is 48.5 Å². The summed E-state index contributed by atoms with van der Waals surface area (Å²) in [4.78, 5) is 11.9. The first-order valence-electron chi connectivity index (χ1n) is 6.04. The highest BCUT2D eigenvalue weighted by Crippen LogP contribution is 2.15. The Balaban J connectivity index is 2.07. The summed E-state index contributed by atoms with van der Waals surface area (Å²) in [5.41, 5.74) is 1.61. The molecule has 0 heterocycles. The van der Waals surface area contributed by atoms with Crippen molar-refractivity contribution in [2.75, 3.05) is 7.11 Å². The number of esters is 1. The number of hydrogen-bond acceptors (Lipinski definition) is 4. The van der Waals surface area contributed by atoms with E-state index in [-0.39, 0.29) is 6.61 Å². The number of methoxy groups -OCH3 is 1. The highest BCUT2D eigenvalue weighted by molar-refractivity contribution is 5.89. The first kappa shape index (κ1) is 13.6. The fraction of sp³-hybridized carbons (Fsp3) is 0.125. The maximum Gasteiger partial charge on any atom is 0.338 e. The summed E-state index contributed by atoms with van der Waals surface area (Å²) in [6, 6.07) is 15.8. The molecule has 0 atom stereocenters. The van der Waals surface area contributed by atoms with Crippen LogP contribution in [0, 0.1) is 11.3 Å². The molecule has 4 heteroatoms. The smallest absolute Gasteiger partial charge is 0.338 e. The Hall–Kier alpha value is -2.80.